The molecule has 0 radical (unpaired) electrons. The molecule has 0 aromatic heterocycles. The SMILES string of the molecule is O=C(O)N[C@@H]1CCCN(C(=O)c2ccccc2)C1. The zero-order valence-corrected chi connectivity index (χ0v) is 10.0. The second-order valence-corrected chi connectivity index (χ2v) is 4.41. The molecule has 2 rings (SSSR count). The van der Waals surface area contributed by atoms with Gasteiger partial charge in [0, 0.05) is 24.7 Å². The van der Waals surface area contributed by atoms with Gasteiger partial charge in [-0.15, -0.1) is 0 Å². The number of rotatable bonds is 2. The van der Waals surface area contributed by atoms with Gasteiger partial charge in [0.2, 0.25) is 0 Å². The van der Waals surface area contributed by atoms with Crippen LogP contribution in [0.25, 0.3) is 0 Å². The lowest BCUT2D eigenvalue weighted by atomic mass is 10.0. The number of hydrogen-bond donors (Lipinski definition) is 2. The summed E-state index contributed by atoms with van der Waals surface area (Å²) < 4.78 is 0. The molecule has 0 spiro atoms. The molecule has 1 saturated heterocycles. The smallest absolute Gasteiger partial charge is 0.404 e. The summed E-state index contributed by atoms with van der Waals surface area (Å²) in [6.45, 7) is 1.13. The third kappa shape index (κ3) is 3.00. The lowest BCUT2D eigenvalue weighted by molar-refractivity contribution is 0.0692. The van der Waals surface area contributed by atoms with Gasteiger partial charge in [0.05, 0.1) is 0 Å². The fourth-order valence-corrected chi connectivity index (χ4v) is 2.22. The summed E-state index contributed by atoms with van der Waals surface area (Å²) in [7, 11) is 0. The molecule has 1 atom stereocenters. The Labute approximate surface area is 105 Å². The van der Waals surface area contributed by atoms with Gasteiger partial charge in [-0.05, 0) is 25.0 Å². The van der Waals surface area contributed by atoms with E-state index in [2.05, 4.69) is 5.32 Å². The zero-order valence-electron chi connectivity index (χ0n) is 10.0. The first-order valence-corrected chi connectivity index (χ1v) is 6.00. The fraction of sp³-hybridized carbons (Fsp3) is 0.385. The van der Waals surface area contributed by atoms with E-state index in [1.807, 2.05) is 18.2 Å². The molecule has 0 saturated carbocycles. The molecule has 1 aliphatic heterocycles. The number of carbonyl (C=O) groups is 2. The van der Waals surface area contributed by atoms with Gasteiger partial charge >= 0.3 is 6.09 Å². The van der Waals surface area contributed by atoms with Gasteiger partial charge in [0.15, 0.2) is 0 Å². The summed E-state index contributed by atoms with van der Waals surface area (Å²) in [5.74, 6) is -0.0347. The Morgan fingerprint density at radius 2 is 2.00 bits per heavy atom. The van der Waals surface area contributed by atoms with Crippen molar-refractivity contribution in [1.82, 2.24) is 10.2 Å². The number of carboxylic acid groups (broad SMARTS) is 1. The van der Waals surface area contributed by atoms with E-state index < -0.39 is 6.09 Å². The van der Waals surface area contributed by atoms with E-state index >= 15 is 0 Å². The number of carbonyl (C=O) groups excluding carboxylic acids is 1. The number of nitrogens with one attached hydrogen (secondary N) is 1. The highest BCUT2D eigenvalue weighted by atomic mass is 16.4. The highest BCUT2D eigenvalue weighted by Gasteiger charge is 2.25. The summed E-state index contributed by atoms with van der Waals surface area (Å²) in [4.78, 5) is 24.5. The molecule has 1 aliphatic rings. The molecule has 18 heavy (non-hydrogen) atoms. The van der Waals surface area contributed by atoms with Crippen molar-refractivity contribution < 1.29 is 14.7 Å². The Kier molecular flexibility index (Phi) is 3.82. The minimum absolute atomic E-state index is 0.0347. The van der Waals surface area contributed by atoms with E-state index in [-0.39, 0.29) is 11.9 Å². The van der Waals surface area contributed by atoms with Crippen molar-refractivity contribution in [2.45, 2.75) is 18.9 Å². The number of amides is 2. The molecule has 2 N–H and O–H groups in total. The molecule has 0 unspecified atom stereocenters. The van der Waals surface area contributed by atoms with Gasteiger partial charge in [-0.25, -0.2) is 4.79 Å². The predicted octanol–water partition coefficient (Wildman–Crippen LogP) is 1.56. The lowest BCUT2D eigenvalue weighted by Gasteiger charge is -2.32. The van der Waals surface area contributed by atoms with E-state index in [4.69, 9.17) is 5.11 Å². The van der Waals surface area contributed by atoms with Crippen molar-refractivity contribution in [3.8, 4) is 0 Å². The summed E-state index contributed by atoms with van der Waals surface area (Å²) in [5, 5.41) is 11.1. The highest BCUT2D eigenvalue weighted by molar-refractivity contribution is 5.94. The van der Waals surface area contributed by atoms with E-state index in [9.17, 15) is 9.59 Å². The van der Waals surface area contributed by atoms with Crippen LogP contribution in [0.3, 0.4) is 0 Å². The maximum absolute atomic E-state index is 12.2. The normalized spacial score (nSPS) is 19.3. The maximum Gasteiger partial charge on any atom is 0.404 e. The Morgan fingerprint density at radius 3 is 2.67 bits per heavy atom. The van der Waals surface area contributed by atoms with E-state index in [1.54, 1.807) is 17.0 Å². The van der Waals surface area contributed by atoms with E-state index in [0.29, 0.717) is 18.7 Å². The van der Waals surface area contributed by atoms with Crippen molar-refractivity contribution in [1.29, 1.82) is 0 Å². The predicted molar refractivity (Wildman–Crippen MR) is 66.5 cm³/mol. The van der Waals surface area contributed by atoms with Crippen molar-refractivity contribution in [3.63, 3.8) is 0 Å². The monoisotopic (exact) mass is 248 g/mol. The van der Waals surface area contributed by atoms with Crippen LogP contribution in [-0.2, 0) is 0 Å². The minimum Gasteiger partial charge on any atom is -0.465 e. The first kappa shape index (κ1) is 12.4. The van der Waals surface area contributed by atoms with Gasteiger partial charge in [-0.1, -0.05) is 18.2 Å². The Hall–Kier alpha value is -2.04. The average Bonchev–Trinajstić information content (AvgIpc) is 2.38. The minimum atomic E-state index is -1.03. The molecular weight excluding hydrogens is 232 g/mol. The molecule has 5 nitrogen and oxygen atoms in total. The number of likely N-dealkylation sites (tertiary alicyclic amines) is 1. The largest absolute Gasteiger partial charge is 0.465 e. The van der Waals surface area contributed by atoms with Crippen LogP contribution in [0.1, 0.15) is 23.2 Å². The highest BCUT2D eigenvalue weighted by Crippen LogP contribution is 2.13. The van der Waals surface area contributed by atoms with Gasteiger partial charge < -0.3 is 15.3 Å². The third-order valence-electron chi connectivity index (χ3n) is 3.06. The Morgan fingerprint density at radius 1 is 1.28 bits per heavy atom. The second kappa shape index (κ2) is 5.53. The summed E-state index contributed by atoms with van der Waals surface area (Å²) in [5.41, 5.74) is 0.647. The fourth-order valence-electron chi connectivity index (χ4n) is 2.22. The second-order valence-electron chi connectivity index (χ2n) is 4.41. The molecule has 1 aromatic carbocycles. The molecular formula is C13H16N2O3. The Bertz CT molecular complexity index is 433. The van der Waals surface area contributed by atoms with Crippen LogP contribution >= 0.6 is 0 Å². The summed E-state index contributed by atoms with van der Waals surface area (Å²) >= 11 is 0. The van der Waals surface area contributed by atoms with Gasteiger partial charge in [-0.2, -0.15) is 0 Å². The van der Waals surface area contributed by atoms with Gasteiger partial charge in [-0.3, -0.25) is 4.79 Å². The van der Waals surface area contributed by atoms with Gasteiger partial charge in [0.1, 0.15) is 0 Å². The third-order valence-corrected chi connectivity index (χ3v) is 3.06. The summed E-state index contributed by atoms with van der Waals surface area (Å²) in [6, 6.07) is 8.90. The molecule has 2 amide bonds. The van der Waals surface area contributed by atoms with Crippen molar-refractivity contribution >= 4 is 12.0 Å². The first-order chi connectivity index (χ1) is 8.66. The Balaban J connectivity index is 2.00. The first-order valence-electron chi connectivity index (χ1n) is 6.00. The van der Waals surface area contributed by atoms with Crippen LogP contribution in [0.5, 0.6) is 0 Å². The molecule has 1 heterocycles. The lowest BCUT2D eigenvalue weighted by Crippen LogP contribution is -2.49. The van der Waals surface area contributed by atoms with Crippen LogP contribution in [-0.4, -0.2) is 41.1 Å². The molecule has 1 fully saturated rings. The molecule has 0 aliphatic carbocycles. The van der Waals surface area contributed by atoms with Crippen molar-refractivity contribution in [2.24, 2.45) is 0 Å². The maximum atomic E-state index is 12.2. The number of nitrogens with zero attached hydrogens (tertiary/aromatic N) is 1. The van der Waals surface area contributed by atoms with Crippen molar-refractivity contribution in [2.75, 3.05) is 13.1 Å². The van der Waals surface area contributed by atoms with Gasteiger partial charge in [0.25, 0.3) is 5.91 Å². The van der Waals surface area contributed by atoms with Crippen LogP contribution in [0.2, 0.25) is 0 Å². The topological polar surface area (TPSA) is 69.6 Å². The molecule has 0 bridgehead atoms. The summed E-state index contributed by atoms with van der Waals surface area (Å²) in [6.07, 6.45) is 0.572. The standard InChI is InChI=1S/C13H16N2O3/c16-12(10-5-2-1-3-6-10)15-8-4-7-11(9-15)14-13(17)18/h1-3,5-6,11,14H,4,7-9H2,(H,17,18)/t11-/m1/s1. The molecule has 96 valence electrons. The zero-order chi connectivity index (χ0) is 13.0. The average molecular weight is 248 g/mol. The van der Waals surface area contributed by atoms with Crippen molar-refractivity contribution in [3.05, 3.63) is 35.9 Å². The number of hydrogen-bond acceptors (Lipinski definition) is 2. The molecule has 5 heteroatoms. The van der Waals surface area contributed by atoms with Crippen LogP contribution in [0.15, 0.2) is 30.3 Å². The van der Waals surface area contributed by atoms with Crippen LogP contribution < -0.4 is 5.32 Å². The number of benzene rings is 1. The van der Waals surface area contributed by atoms with Crippen LogP contribution in [0, 0.1) is 0 Å². The number of piperidine rings is 1. The molecule has 1 aromatic rings. The quantitative estimate of drug-likeness (QED) is 0.834. The van der Waals surface area contributed by atoms with E-state index in [1.165, 1.54) is 0 Å². The van der Waals surface area contributed by atoms with Crippen LogP contribution in [0.4, 0.5) is 4.79 Å². The van der Waals surface area contributed by atoms with E-state index in [0.717, 1.165) is 12.8 Å².